The average molecular weight is 424 g/mol. The number of fused-ring (bicyclic) bond motifs is 1. The zero-order chi connectivity index (χ0) is 19.0. The van der Waals surface area contributed by atoms with Crippen molar-refractivity contribution in [1.29, 1.82) is 0 Å². The highest BCUT2D eigenvalue weighted by atomic mass is 35.5. The molecule has 2 amide bonds. The Morgan fingerprint density at radius 2 is 2.04 bits per heavy atom. The average Bonchev–Trinajstić information content (AvgIpc) is 3.25. The first-order valence-electron chi connectivity index (χ1n) is 9.05. The third-order valence-electron chi connectivity index (χ3n) is 5.07. The Bertz CT molecular complexity index is 878. The minimum Gasteiger partial charge on any atom is -0.338 e. The SMILES string of the molecule is O=C(Nc1nc2c(s1)CCC2)C1CCCN(C(=O)c2ccc(Cl)c(Cl)c2)C1. The van der Waals surface area contributed by atoms with Gasteiger partial charge in [-0.3, -0.25) is 9.59 Å². The first kappa shape index (κ1) is 18.7. The van der Waals surface area contributed by atoms with Gasteiger partial charge in [-0.25, -0.2) is 4.98 Å². The molecule has 4 rings (SSSR count). The molecule has 2 aromatic rings. The molecular formula is C19H19Cl2N3O2S. The van der Waals surface area contributed by atoms with Crippen molar-refractivity contribution in [2.24, 2.45) is 5.92 Å². The minimum absolute atomic E-state index is 0.0611. The van der Waals surface area contributed by atoms with Crippen molar-refractivity contribution in [2.45, 2.75) is 32.1 Å². The Kier molecular flexibility index (Phi) is 5.39. The lowest BCUT2D eigenvalue weighted by Crippen LogP contribution is -2.43. The highest BCUT2D eigenvalue weighted by Crippen LogP contribution is 2.31. The number of likely N-dealkylation sites (tertiary alicyclic amines) is 1. The molecule has 0 radical (unpaired) electrons. The standard InChI is InChI=1S/C19H19Cl2N3O2S/c20-13-7-6-11(9-14(13)21)18(26)24-8-2-3-12(10-24)17(25)23-19-22-15-4-1-5-16(15)27-19/h6-7,9,12H,1-5,8,10H2,(H,22,23,25). The first-order chi connectivity index (χ1) is 13.0. The normalized spacial score (nSPS) is 19.0. The van der Waals surface area contributed by atoms with E-state index in [0.717, 1.165) is 37.8 Å². The number of carbonyl (C=O) groups excluding carboxylic acids is 2. The molecule has 0 bridgehead atoms. The van der Waals surface area contributed by atoms with Crippen molar-refractivity contribution in [3.8, 4) is 0 Å². The first-order valence-corrected chi connectivity index (χ1v) is 10.6. The van der Waals surface area contributed by atoms with Gasteiger partial charge < -0.3 is 10.2 Å². The van der Waals surface area contributed by atoms with E-state index in [1.807, 2.05) is 0 Å². The topological polar surface area (TPSA) is 62.3 Å². The van der Waals surface area contributed by atoms with Gasteiger partial charge in [0.1, 0.15) is 0 Å². The van der Waals surface area contributed by atoms with E-state index in [-0.39, 0.29) is 17.7 Å². The van der Waals surface area contributed by atoms with Gasteiger partial charge in [-0.1, -0.05) is 23.2 Å². The molecule has 1 aromatic carbocycles. The van der Waals surface area contributed by atoms with Gasteiger partial charge in [0.25, 0.3) is 5.91 Å². The van der Waals surface area contributed by atoms with Crippen molar-refractivity contribution in [1.82, 2.24) is 9.88 Å². The van der Waals surface area contributed by atoms with Crippen molar-refractivity contribution in [3.05, 3.63) is 44.4 Å². The molecule has 1 fully saturated rings. The lowest BCUT2D eigenvalue weighted by atomic mass is 9.96. The molecule has 8 heteroatoms. The van der Waals surface area contributed by atoms with E-state index in [1.54, 1.807) is 34.4 Å². The number of anilines is 1. The molecule has 1 aromatic heterocycles. The monoisotopic (exact) mass is 423 g/mol. The number of carbonyl (C=O) groups is 2. The van der Waals surface area contributed by atoms with E-state index in [2.05, 4.69) is 10.3 Å². The summed E-state index contributed by atoms with van der Waals surface area (Å²) >= 11 is 13.5. The van der Waals surface area contributed by atoms with Gasteiger partial charge in [0.15, 0.2) is 5.13 Å². The summed E-state index contributed by atoms with van der Waals surface area (Å²) in [6.45, 7) is 1.03. The summed E-state index contributed by atoms with van der Waals surface area (Å²) < 4.78 is 0. The lowest BCUT2D eigenvalue weighted by molar-refractivity contribution is -0.121. The van der Waals surface area contributed by atoms with Crippen LogP contribution in [0.5, 0.6) is 0 Å². The molecule has 5 nitrogen and oxygen atoms in total. The van der Waals surface area contributed by atoms with Gasteiger partial charge in [-0.2, -0.15) is 0 Å². The number of thiazole rings is 1. The van der Waals surface area contributed by atoms with Crippen LogP contribution in [-0.2, 0) is 17.6 Å². The van der Waals surface area contributed by atoms with E-state index in [0.29, 0.717) is 33.8 Å². The molecule has 1 aliphatic heterocycles. The second-order valence-electron chi connectivity index (χ2n) is 6.95. The zero-order valence-corrected chi connectivity index (χ0v) is 17.0. The van der Waals surface area contributed by atoms with E-state index >= 15 is 0 Å². The third kappa shape index (κ3) is 3.98. The van der Waals surface area contributed by atoms with Crippen LogP contribution in [0.2, 0.25) is 10.0 Å². The molecule has 1 atom stereocenters. The van der Waals surface area contributed by atoms with Gasteiger partial charge in [0.05, 0.1) is 21.7 Å². The number of aromatic nitrogens is 1. The van der Waals surface area contributed by atoms with E-state index in [4.69, 9.17) is 23.2 Å². The van der Waals surface area contributed by atoms with Gasteiger partial charge in [-0.15, -0.1) is 11.3 Å². The smallest absolute Gasteiger partial charge is 0.253 e. The molecular weight excluding hydrogens is 405 g/mol. The second-order valence-corrected chi connectivity index (χ2v) is 8.85. The maximum atomic E-state index is 12.8. The number of hydrogen-bond acceptors (Lipinski definition) is 4. The van der Waals surface area contributed by atoms with Crippen LogP contribution >= 0.6 is 34.5 Å². The summed E-state index contributed by atoms with van der Waals surface area (Å²) in [5.41, 5.74) is 1.61. The predicted molar refractivity (Wildman–Crippen MR) is 108 cm³/mol. The fourth-order valence-corrected chi connectivity index (χ4v) is 4.99. The predicted octanol–water partition coefficient (Wildman–Crippen LogP) is 4.43. The Morgan fingerprint density at radius 1 is 1.19 bits per heavy atom. The Balaban J connectivity index is 1.41. The number of benzene rings is 1. The summed E-state index contributed by atoms with van der Waals surface area (Å²) in [6.07, 6.45) is 4.76. The quantitative estimate of drug-likeness (QED) is 0.793. The third-order valence-corrected chi connectivity index (χ3v) is 6.88. The van der Waals surface area contributed by atoms with Crippen LogP contribution in [0.1, 0.15) is 40.2 Å². The molecule has 1 saturated heterocycles. The number of nitrogens with zero attached hydrogens (tertiary/aromatic N) is 2. The fraction of sp³-hybridized carbons (Fsp3) is 0.421. The largest absolute Gasteiger partial charge is 0.338 e. The van der Waals surface area contributed by atoms with Crippen molar-refractivity contribution >= 4 is 51.5 Å². The van der Waals surface area contributed by atoms with Gasteiger partial charge in [0, 0.05) is 23.5 Å². The summed E-state index contributed by atoms with van der Waals surface area (Å²) in [7, 11) is 0. The van der Waals surface area contributed by atoms with Crippen LogP contribution < -0.4 is 5.32 Å². The highest BCUT2D eigenvalue weighted by molar-refractivity contribution is 7.15. The van der Waals surface area contributed by atoms with Crippen LogP contribution in [0.4, 0.5) is 5.13 Å². The molecule has 1 unspecified atom stereocenters. The van der Waals surface area contributed by atoms with E-state index < -0.39 is 0 Å². The van der Waals surface area contributed by atoms with Crippen LogP contribution in [0.3, 0.4) is 0 Å². The van der Waals surface area contributed by atoms with Crippen LogP contribution in [0.15, 0.2) is 18.2 Å². The lowest BCUT2D eigenvalue weighted by Gasteiger charge is -2.32. The molecule has 1 N–H and O–H groups in total. The fourth-order valence-electron chi connectivity index (χ4n) is 3.64. The van der Waals surface area contributed by atoms with Gasteiger partial charge in [0.2, 0.25) is 5.91 Å². The number of rotatable bonds is 3. The number of aryl methyl sites for hydroxylation is 2. The molecule has 2 heterocycles. The molecule has 0 saturated carbocycles. The van der Waals surface area contributed by atoms with Crippen LogP contribution in [0, 0.1) is 5.92 Å². The molecule has 0 spiro atoms. The Hall–Kier alpha value is -1.63. The second kappa shape index (κ2) is 7.78. The van der Waals surface area contributed by atoms with Crippen molar-refractivity contribution in [3.63, 3.8) is 0 Å². The molecule has 27 heavy (non-hydrogen) atoms. The number of amides is 2. The molecule has 142 valence electrons. The summed E-state index contributed by atoms with van der Waals surface area (Å²) in [5.74, 6) is -0.419. The van der Waals surface area contributed by atoms with Crippen LogP contribution in [0.25, 0.3) is 0 Å². The van der Waals surface area contributed by atoms with Crippen molar-refractivity contribution < 1.29 is 9.59 Å². The number of hydrogen-bond donors (Lipinski definition) is 1. The maximum absolute atomic E-state index is 12.8. The maximum Gasteiger partial charge on any atom is 0.253 e. The number of halogens is 2. The van der Waals surface area contributed by atoms with Gasteiger partial charge >= 0.3 is 0 Å². The summed E-state index contributed by atoms with van der Waals surface area (Å²) in [5, 5.41) is 4.40. The number of piperidine rings is 1. The zero-order valence-electron chi connectivity index (χ0n) is 14.6. The molecule has 1 aliphatic carbocycles. The highest BCUT2D eigenvalue weighted by Gasteiger charge is 2.30. The Labute approximate surface area is 171 Å². The number of nitrogens with one attached hydrogen (secondary N) is 1. The Morgan fingerprint density at radius 3 is 2.81 bits per heavy atom. The van der Waals surface area contributed by atoms with E-state index in [1.165, 1.54) is 4.88 Å². The molecule has 2 aliphatic rings. The van der Waals surface area contributed by atoms with Gasteiger partial charge in [-0.05, 0) is 50.3 Å². The van der Waals surface area contributed by atoms with Crippen LogP contribution in [-0.4, -0.2) is 34.8 Å². The summed E-state index contributed by atoms with van der Waals surface area (Å²) in [6, 6.07) is 4.86. The summed E-state index contributed by atoms with van der Waals surface area (Å²) in [4.78, 5) is 33.0. The minimum atomic E-state index is -0.232. The van der Waals surface area contributed by atoms with Crippen molar-refractivity contribution in [2.75, 3.05) is 18.4 Å². The van der Waals surface area contributed by atoms with E-state index in [9.17, 15) is 9.59 Å².